The van der Waals surface area contributed by atoms with Gasteiger partial charge in [-0.3, -0.25) is 14.6 Å². The summed E-state index contributed by atoms with van der Waals surface area (Å²) < 4.78 is 0. The molecule has 3 N–H and O–H groups in total. The highest BCUT2D eigenvalue weighted by molar-refractivity contribution is 5.93. The van der Waals surface area contributed by atoms with Crippen LogP contribution in [0.15, 0.2) is 59.8 Å². The SMILES string of the molecule is O=C(N[C@H]1CC[C@H](Nc2nccc(-c3ccccn3)n2)C1)c1ccc[nH]c1=O. The van der Waals surface area contributed by atoms with Crippen molar-refractivity contribution in [1.82, 2.24) is 25.3 Å². The van der Waals surface area contributed by atoms with Crippen molar-refractivity contribution in [3.63, 3.8) is 0 Å². The molecule has 8 heteroatoms. The summed E-state index contributed by atoms with van der Waals surface area (Å²) in [6.45, 7) is 0. The average Bonchev–Trinajstić information content (AvgIpc) is 3.16. The number of H-pyrrole nitrogens is 1. The largest absolute Gasteiger partial charge is 0.351 e. The Bertz CT molecular complexity index is 1020. The van der Waals surface area contributed by atoms with Crippen molar-refractivity contribution in [3.8, 4) is 11.4 Å². The number of pyridine rings is 2. The molecule has 0 radical (unpaired) electrons. The topological polar surface area (TPSA) is 113 Å². The molecule has 4 rings (SSSR count). The van der Waals surface area contributed by atoms with Gasteiger partial charge in [0.05, 0.1) is 11.4 Å². The van der Waals surface area contributed by atoms with E-state index in [1.165, 1.54) is 12.3 Å². The summed E-state index contributed by atoms with van der Waals surface area (Å²) in [5.74, 6) is 0.195. The molecule has 28 heavy (non-hydrogen) atoms. The lowest BCUT2D eigenvalue weighted by molar-refractivity contribution is 0.0936. The van der Waals surface area contributed by atoms with Crippen molar-refractivity contribution < 1.29 is 4.79 Å². The van der Waals surface area contributed by atoms with Crippen LogP contribution >= 0.6 is 0 Å². The Labute approximate surface area is 161 Å². The zero-order chi connectivity index (χ0) is 19.3. The highest BCUT2D eigenvalue weighted by Gasteiger charge is 2.27. The predicted molar refractivity (Wildman–Crippen MR) is 105 cm³/mol. The minimum atomic E-state index is -0.382. The van der Waals surface area contributed by atoms with Crippen LogP contribution in [0, 0.1) is 0 Å². The van der Waals surface area contributed by atoms with Gasteiger partial charge < -0.3 is 15.6 Å². The molecule has 0 bridgehead atoms. The molecule has 0 saturated heterocycles. The fourth-order valence-electron chi connectivity index (χ4n) is 3.37. The van der Waals surface area contributed by atoms with Gasteiger partial charge in [-0.15, -0.1) is 0 Å². The molecule has 0 spiro atoms. The van der Waals surface area contributed by atoms with Gasteiger partial charge in [0.1, 0.15) is 5.56 Å². The lowest BCUT2D eigenvalue weighted by Gasteiger charge is -2.15. The average molecular weight is 376 g/mol. The van der Waals surface area contributed by atoms with Gasteiger partial charge in [0.15, 0.2) is 0 Å². The van der Waals surface area contributed by atoms with Crippen molar-refractivity contribution >= 4 is 11.9 Å². The van der Waals surface area contributed by atoms with E-state index < -0.39 is 0 Å². The first-order valence-electron chi connectivity index (χ1n) is 9.18. The molecule has 0 aliphatic heterocycles. The van der Waals surface area contributed by atoms with Crippen LogP contribution in [0.3, 0.4) is 0 Å². The molecule has 0 aromatic carbocycles. The molecular weight excluding hydrogens is 356 g/mol. The smallest absolute Gasteiger partial charge is 0.260 e. The van der Waals surface area contributed by atoms with E-state index >= 15 is 0 Å². The zero-order valence-electron chi connectivity index (χ0n) is 15.1. The second kappa shape index (κ2) is 7.99. The van der Waals surface area contributed by atoms with Gasteiger partial charge in [0.25, 0.3) is 11.5 Å². The predicted octanol–water partition coefficient (Wildman–Crippen LogP) is 1.99. The van der Waals surface area contributed by atoms with Crippen LogP contribution in [-0.2, 0) is 0 Å². The highest BCUT2D eigenvalue weighted by atomic mass is 16.2. The number of anilines is 1. The summed E-state index contributed by atoms with van der Waals surface area (Å²) in [6, 6.07) is 10.8. The molecule has 1 saturated carbocycles. The highest BCUT2D eigenvalue weighted by Crippen LogP contribution is 2.23. The van der Waals surface area contributed by atoms with E-state index in [1.807, 2.05) is 24.3 Å². The number of aromatic amines is 1. The van der Waals surface area contributed by atoms with Crippen LogP contribution in [-0.4, -0.2) is 37.9 Å². The Morgan fingerprint density at radius 2 is 1.89 bits per heavy atom. The number of hydrogen-bond acceptors (Lipinski definition) is 6. The minimum Gasteiger partial charge on any atom is -0.351 e. The van der Waals surface area contributed by atoms with E-state index in [-0.39, 0.29) is 29.1 Å². The van der Waals surface area contributed by atoms with Gasteiger partial charge in [-0.25, -0.2) is 9.97 Å². The first-order chi connectivity index (χ1) is 13.7. The second-order valence-corrected chi connectivity index (χ2v) is 6.72. The summed E-state index contributed by atoms with van der Waals surface area (Å²) in [5.41, 5.74) is 1.29. The number of nitrogens with zero attached hydrogens (tertiary/aromatic N) is 3. The first kappa shape index (κ1) is 17.8. The molecule has 3 heterocycles. The van der Waals surface area contributed by atoms with Crippen molar-refractivity contribution in [3.05, 3.63) is 70.9 Å². The van der Waals surface area contributed by atoms with Crippen molar-refractivity contribution in [2.75, 3.05) is 5.32 Å². The lowest BCUT2D eigenvalue weighted by Crippen LogP contribution is -2.36. The number of aromatic nitrogens is 4. The number of carbonyl (C=O) groups is 1. The van der Waals surface area contributed by atoms with Gasteiger partial charge in [-0.1, -0.05) is 6.07 Å². The van der Waals surface area contributed by atoms with Crippen LogP contribution in [0.1, 0.15) is 29.6 Å². The van der Waals surface area contributed by atoms with Crippen molar-refractivity contribution in [2.24, 2.45) is 0 Å². The van der Waals surface area contributed by atoms with E-state index in [1.54, 1.807) is 18.5 Å². The number of amides is 1. The Hall–Kier alpha value is -3.55. The minimum absolute atomic E-state index is 0.00331. The van der Waals surface area contributed by atoms with E-state index in [4.69, 9.17) is 0 Å². The van der Waals surface area contributed by atoms with E-state index in [9.17, 15) is 9.59 Å². The van der Waals surface area contributed by atoms with Gasteiger partial charge >= 0.3 is 0 Å². The summed E-state index contributed by atoms with van der Waals surface area (Å²) in [6.07, 6.45) is 7.39. The molecule has 1 fully saturated rings. The Morgan fingerprint density at radius 3 is 2.71 bits per heavy atom. The third-order valence-electron chi connectivity index (χ3n) is 4.75. The molecule has 142 valence electrons. The molecule has 1 amide bonds. The quantitative estimate of drug-likeness (QED) is 0.628. The van der Waals surface area contributed by atoms with Gasteiger partial charge in [0.2, 0.25) is 5.95 Å². The Balaban J connectivity index is 1.37. The van der Waals surface area contributed by atoms with Crippen molar-refractivity contribution in [2.45, 2.75) is 31.3 Å². The van der Waals surface area contributed by atoms with E-state index in [0.717, 1.165) is 30.7 Å². The molecule has 3 aromatic heterocycles. The normalized spacial score (nSPS) is 18.6. The van der Waals surface area contributed by atoms with Crippen LogP contribution in [0.2, 0.25) is 0 Å². The van der Waals surface area contributed by atoms with Crippen LogP contribution < -0.4 is 16.2 Å². The Kier molecular flexibility index (Phi) is 5.09. The van der Waals surface area contributed by atoms with E-state index in [0.29, 0.717) is 5.95 Å². The third-order valence-corrected chi connectivity index (χ3v) is 4.75. The third kappa shape index (κ3) is 4.06. The summed E-state index contributed by atoms with van der Waals surface area (Å²) in [5, 5.41) is 6.28. The maximum atomic E-state index is 12.3. The fourth-order valence-corrected chi connectivity index (χ4v) is 3.37. The van der Waals surface area contributed by atoms with Crippen LogP contribution in [0.25, 0.3) is 11.4 Å². The van der Waals surface area contributed by atoms with Gasteiger partial charge in [0, 0.05) is 30.7 Å². The maximum Gasteiger partial charge on any atom is 0.260 e. The fraction of sp³-hybridized carbons (Fsp3) is 0.250. The summed E-state index contributed by atoms with van der Waals surface area (Å²) in [4.78, 5) is 39.7. The molecule has 8 nitrogen and oxygen atoms in total. The molecule has 1 aliphatic carbocycles. The molecule has 3 aromatic rings. The monoisotopic (exact) mass is 376 g/mol. The Morgan fingerprint density at radius 1 is 1.00 bits per heavy atom. The van der Waals surface area contributed by atoms with Crippen LogP contribution in [0.5, 0.6) is 0 Å². The second-order valence-electron chi connectivity index (χ2n) is 6.72. The van der Waals surface area contributed by atoms with Gasteiger partial charge in [-0.2, -0.15) is 0 Å². The molecular formula is C20H20N6O2. The van der Waals surface area contributed by atoms with Crippen molar-refractivity contribution in [1.29, 1.82) is 0 Å². The molecule has 0 unspecified atom stereocenters. The zero-order valence-corrected chi connectivity index (χ0v) is 15.1. The lowest BCUT2D eigenvalue weighted by atomic mass is 10.2. The van der Waals surface area contributed by atoms with E-state index in [2.05, 4.69) is 30.6 Å². The molecule has 2 atom stereocenters. The number of rotatable bonds is 5. The molecule has 1 aliphatic rings. The van der Waals surface area contributed by atoms with Gasteiger partial charge in [-0.05, 0) is 49.6 Å². The summed E-state index contributed by atoms with van der Waals surface area (Å²) in [7, 11) is 0. The number of carbonyl (C=O) groups excluding carboxylic acids is 1. The number of hydrogen-bond donors (Lipinski definition) is 3. The number of nitrogens with one attached hydrogen (secondary N) is 3. The van der Waals surface area contributed by atoms with Crippen LogP contribution in [0.4, 0.5) is 5.95 Å². The first-order valence-corrected chi connectivity index (χ1v) is 9.18. The standard InChI is InChI=1S/C20H20N6O2/c27-18-15(4-3-10-22-18)19(28)24-13-6-7-14(12-13)25-20-23-11-8-17(26-20)16-5-1-2-9-21-16/h1-5,8-11,13-14H,6-7,12H2,(H,22,27)(H,24,28)(H,23,25,26)/t13-,14-/m0/s1. The maximum absolute atomic E-state index is 12.3. The summed E-state index contributed by atoms with van der Waals surface area (Å²) >= 11 is 0.